The van der Waals surface area contributed by atoms with E-state index in [1.165, 1.54) is 42.6 Å². The van der Waals surface area contributed by atoms with Crippen LogP contribution in [0.2, 0.25) is 0 Å². The van der Waals surface area contributed by atoms with Gasteiger partial charge in [-0.25, -0.2) is 26.4 Å². The van der Waals surface area contributed by atoms with Crippen LogP contribution in [0, 0.1) is 22.7 Å². The highest BCUT2D eigenvalue weighted by Crippen LogP contribution is 2.35. The third-order valence-electron chi connectivity index (χ3n) is 10.8. The number of fused-ring (bicyclic) bond motifs is 2. The van der Waals surface area contributed by atoms with Crippen molar-refractivity contribution in [2.24, 2.45) is 0 Å². The summed E-state index contributed by atoms with van der Waals surface area (Å²) in [5.41, 5.74) is 4.22. The molecule has 374 valence electrons. The number of urea groups is 2. The van der Waals surface area contributed by atoms with Gasteiger partial charge in [0.15, 0.2) is 19.7 Å². The maximum absolute atomic E-state index is 12.4. The van der Waals surface area contributed by atoms with Gasteiger partial charge in [-0.05, 0) is 115 Å². The van der Waals surface area contributed by atoms with Gasteiger partial charge < -0.3 is 40.6 Å². The summed E-state index contributed by atoms with van der Waals surface area (Å²) in [6, 6.07) is 47.6. The van der Waals surface area contributed by atoms with Crippen LogP contribution >= 0.6 is 0 Å². The number of nitrogens with zero attached hydrogens (tertiary/aromatic N) is 4. The van der Waals surface area contributed by atoms with Crippen LogP contribution in [0.1, 0.15) is 16.7 Å². The number of phenolic OH excluding ortho intramolecular Hbond substituents is 1. The van der Waals surface area contributed by atoms with Crippen molar-refractivity contribution in [2.75, 3.05) is 33.8 Å². The Balaban J connectivity index is 0.000000203. The minimum Gasteiger partial charge on any atom is -0.506 e. The van der Waals surface area contributed by atoms with Crippen LogP contribution in [-0.2, 0) is 26.3 Å². The van der Waals surface area contributed by atoms with Crippen LogP contribution in [0.15, 0.2) is 186 Å². The second-order valence-corrected chi connectivity index (χ2v) is 20.4. The number of hydrogen-bond acceptors (Lipinski definition) is 14. The van der Waals surface area contributed by atoms with E-state index < -0.39 is 31.7 Å². The maximum atomic E-state index is 12.4. The summed E-state index contributed by atoms with van der Waals surface area (Å²) in [7, 11) is -6.78. The Morgan fingerprint density at radius 1 is 0.520 bits per heavy atom. The Morgan fingerprint density at radius 3 is 1.44 bits per heavy atom. The summed E-state index contributed by atoms with van der Waals surface area (Å²) in [6.07, 6.45) is 5.34. The average Bonchev–Trinajstić information content (AvgIpc) is 3.39. The maximum Gasteiger partial charge on any atom is 0.323 e. The quantitative estimate of drug-likeness (QED) is 0.0719. The molecule has 2 aromatic heterocycles. The molecule has 9 aromatic rings. The number of carbonyl (C=O) groups excluding carboxylic acids is 2. The van der Waals surface area contributed by atoms with Gasteiger partial charge in [0.2, 0.25) is 0 Å². The largest absolute Gasteiger partial charge is 0.506 e. The molecule has 0 bridgehead atoms. The summed E-state index contributed by atoms with van der Waals surface area (Å²) in [5.74, 6) is 2.22. The molecule has 2 heterocycles. The lowest BCUT2D eigenvalue weighted by molar-refractivity contribution is 0.261. The number of aromatic nitrogens is 2. The monoisotopic (exact) mass is 1040 g/mol. The van der Waals surface area contributed by atoms with Gasteiger partial charge in [-0.15, -0.1) is 0 Å². The number of benzene rings is 7. The number of pyridine rings is 2. The predicted molar refractivity (Wildman–Crippen MR) is 283 cm³/mol. The fourth-order valence-electron chi connectivity index (χ4n) is 7.18. The van der Waals surface area contributed by atoms with E-state index in [0.717, 1.165) is 18.1 Å². The van der Waals surface area contributed by atoms with Gasteiger partial charge >= 0.3 is 12.1 Å². The van der Waals surface area contributed by atoms with E-state index in [-0.39, 0.29) is 21.1 Å². The van der Waals surface area contributed by atoms with Gasteiger partial charge in [0.1, 0.15) is 53.2 Å². The van der Waals surface area contributed by atoms with E-state index in [2.05, 4.69) is 37.3 Å². The topological polar surface area (TPSA) is 272 Å². The minimum atomic E-state index is -3.40. The number of nitriles is 2. The highest BCUT2D eigenvalue weighted by Gasteiger charge is 2.15. The Morgan fingerprint density at radius 2 is 0.973 bits per heavy atom. The normalized spacial score (nSPS) is 10.9. The highest BCUT2D eigenvalue weighted by molar-refractivity contribution is 7.91. The van der Waals surface area contributed by atoms with Gasteiger partial charge in [-0.1, -0.05) is 42.5 Å². The average molecular weight is 1040 g/mol. The molecule has 7 aromatic carbocycles. The van der Waals surface area contributed by atoms with Crippen molar-refractivity contribution in [3.8, 4) is 46.6 Å². The molecular formula is C55H42N8O10S2. The molecule has 20 heteroatoms. The number of aromatic hydroxyl groups is 1. The third kappa shape index (κ3) is 13.5. The van der Waals surface area contributed by atoms with Crippen molar-refractivity contribution in [1.29, 1.82) is 10.5 Å². The molecule has 0 radical (unpaired) electrons. The van der Waals surface area contributed by atoms with Crippen molar-refractivity contribution < 1.29 is 45.7 Å². The first-order chi connectivity index (χ1) is 36.0. The predicted octanol–water partition coefficient (Wildman–Crippen LogP) is 11.2. The molecule has 9 rings (SSSR count). The van der Waals surface area contributed by atoms with E-state index in [0.29, 0.717) is 85.5 Å². The zero-order chi connectivity index (χ0) is 53.1. The lowest BCUT2D eigenvalue weighted by atomic mass is 10.1. The van der Waals surface area contributed by atoms with Crippen molar-refractivity contribution >= 4 is 76.3 Å². The lowest BCUT2D eigenvalue weighted by Crippen LogP contribution is -2.19. The van der Waals surface area contributed by atoms with Crippen LogP contribution in [0.5, 0.6) is 34.5 Å². The summed E-state index contributed by atoms with van der Waals surface area (Å²) in [5, 5.41) is 40.6. The van der Waals surface area contributed by atoms with Crippen molar-refractivity contribution in [1.82, 2.24) is 9.97 Å². The molecule has 0 fully saturated rings. The van der Waals surface area contributed by atoms with Gasteiger partial charge in [0, 0.05) is 70.6 Å². The van der Waals surface area contributed by atoms with Gasteiger partial charge in [0.25, 0.3) is 0 Å². The van der Waals surface area contributed by atoms with Crippen LogP contribution in [0.25, 0.3) is 21.8 Å². The Labute approximate surface area is 430 Å². The number of amides is 4. The number of hydrogen-bond donors (Lipinski definition) is 5. The van der Waals surface area contributed by atoms with Gasteiger partial charge in [0.05, 0.1) is 32.0 Å². The second-order valence-electron chi connectivity index (χ2n) is 16.4. The second kappa shape index (κ2) is 22.6. The van der Waals surface area contributed by atoms with Crippen molar-refractivity contribution in [3.63, 3.8) is 0 Å². The fourth-order valence-corrected chi connectivity index (χ4v) is 8.51. The number of ether oxygens (including phenoxy) is 3. The van der Waals surface area contributed by atoms with E-state index in [9.17, 15) is 36.8 Å². The standard InChI is InChI=1S/C31H24N4O5S.C24H18N4O5S/c1-41(37,38)26-9-5-8-24(17-26)35-31(36)34-23-10-12-25(13-11-23)40-29-14-15-33-28-18-30(22(19-32)16-27(28)29)39-20-21-6-3-2-4-7-21;1-34(31,32)19-4-2-3-17(12-19)28-24(30)27-16-5-7-18(8-6-16)33-23-9-10-26-21-13-22(29)15(14-25)11-20(21)23/h2-18H,20H2,1H3,(H2,34,35,36);2-13,29H,1H3,(H2,27,28,30). The molecule has 0 saturated carbocycles. The van der Waals surface area contributed by atoms with Crippen LogP contribution < -0.4 is 35.5 Å². The van der Waals surface area contributed by atoms with Crippen LogP contribution in [0.3, 0.4) is 0 Å². The first kappa shape index (κ1) is 51.3. The molecule has 75 heavy (non-hydrogen) atoms. The summed E-state index contributed by atoms with van der Waals surface area (Å²) in [4.78, 5) is 33.5. The molecular weight excluding hydrogens is 997 g/mol. The molecule has 0 atom stereocenters. The number of rotatable bonds is 13. The number of sulfone groups is 2. The lowest BCUT2D eigenvalue weighted by Gasteiger charge is -2.13. The smallest absolute Gasteiger partial charge is 0.323 e. The van der Waals surface area contributed by atoms with E-state index >= 15 is 0 Å². The van der Waals surface area contributed by atoms with E-state index in [1.807, 2.05) is 36.4 Å². The zero-order valence-electron chi connectivity index (χ0n) is 39.7. The first-order valence-electron chi connectivity index (χ1n) is 22.3. The molecule has 5 N–H and O–H groups in total. The van der Waals surface area contributed by atoms with Crippen molar-refractivity contribution in [2.45, 2.75) is 16.4 Å². The molecule has 18 nitrogen and oxygen atoms in total. The summed E-state index contributed by atoms with van der Waals surface area (Å²) >= 11 is 0. The molecule has 0 spiro atoms. The number of phenols is 1. The molecule has 0 aliphatic heterocycles. The Hall–Kier alpha value is -10.0. The summed E-state index contributed by atoms with van der Waals surface area (Å²) in [6.45, 7) is 0.322. The molecule has 0 saturated heterocycles. The number of nitrogens with one attached hydrogen (secondary N) is 4. The van der Waals surface area contributed by atoms with Crippen LogP contribution in [0.4, 0.5) is 32.3 Å². The van der Waals surface area contributed by atoms with Gasteiger partial charge in [-0.3, -0.25) is 9.97 Å². The van der Waals surface area contributed by atoms with E-state index in [4.69, 9.17) is 19.5 Å². The molecule has 4 amide bonds. The Bertz CT molecular complexity index is 3930. The van der Waals surface area contributed by atoms with Gasteiger partial charge in [-0.2, -0.15) is 10.5 Å². The summed E-state index contributed by atoms with van der Waals surface area (Å²) < 4.78 is 64.8. The first-order valence-corrected chi connectivity index (χ1v) is 26.1. The van der Waals surface area contributed by atoms with Crippen LogP contribution in [-0.4, -0.2) is 56.5 Å². The molecule has 0 unspecified atom stereocenters. The fraction of sp³-hybridized carbons (Fsp3) is 0.0545. The number of anilines is 4. The SMILES string of the molecule is CS(=O)(=O)c1cccc(NC(=O)Nc2ccc(Oc3ccnc4cc(O)c(C#N)cc34)cc2)c1.CS(=O)(=O)c1cccc(NC(=O)Nc2ccc(Oc3ccnc4cc(OCc5ccccc5)c(C#N)cc34)cc2)c1. The van der Waals surface area contributed by atoms with E-state index in [1.54, 1.807) is 103 Å². The molecule has 0 aliphatic carbocycles. The molecule has 0 aliphatic rings. The number of carbonyl (C=O) groups is 2. The highest BCUT2D eigenvalue weighted by atomic mass is 32.2. The minimum absolute atomic E-state index is 0.104. The van der Waals surface area contributed by atoms with Crippen molar-refractivity contribution in [3.05, 3.63) is 193 Å². The Kier molecular flexibility index (Phi) is 15.5. The third-order valence-corrected chi connectivity index (χ3v) is 13.0. The zero-order valence-corrected chi connectivity index (χ0v) is 41.3.